The third-order valence-corrected chi connectivity index (χ3v) is 8.77. The predicted molar refractivity (Wildman–Crippen MR) is 103 cm³/mol. The zero-order valence-corrected chi connectivity index (χ0v) is 17.5. The van der Waals surface area contributed by atoms with Gasteiger partial charge in [-0.25, -0.2) is 25.3 Å². The van der Waals surface area contributed by atoms with Crippen molar-refractivity contribution in [3.05, 3.63) is 78.4 Å². The molecule has 3 aromatic rings. The van der Waals surface area contributed by atoms with Gasteiger partial charge in [-0.05, 0) is 49.4 Å². The molecule has 0 amide bonds. The number of aryl methyl sites for hydroxylation is 1. The van der Waals surface area contributed by atoms with E-state index in [4.69, 9.17) is 0 Å². The van der Waals surface area contributed by atoms with Gasteiger partial charge in [0.25, 0.3) is 0 Å². The normalized spacial score (nSPS) is 12.6. The lowest BCUT2D eigenvalue weighted by Gasteiger charge is -2.15. The quantitative estimate of drug-likeness (QED) is 0.546. The minimum atomic E-state index is -5.18. The summed E-state index contributed by atoms with van der Waals surface area (Å²) in [6.45, 7) is 1.73. The first kappa shape index (κ1) is 21.2. The number of hydrogen-bond donors (Lipinski definition) is 0. The fourth-order valence-electron chi connectivity index (χ4n) is 2.65. The summed E-state index contributed by atoms with van der Waals surface area (Å²) < 4.78 is 86.7. The highest BCUT2D eigenvalue weighted by Crippen LogP contribution is 2.31. The average molecular weight is 452 g/mol. The molecule has 152 valence electrons. The highest BCUT2D eigenvalue weighted by Gasteiger charge is 2.28. The maximum Gasteiger partial charge on any atom is 0.207 e. The second kappa shape index (κ2) is 7.38. The van der Waals surface area contributed by atoms with Crippen molar-refractivity contribution in [1.82, 2.24) is 0 Å². The summed E-state index contributed by atoms with van der Waals surface area (Å²) in [7, 11) is -13.8. The second-order valence-corrected chi connectivity index (χ2v) is 11.4. The van der Waals surface area contributed by atoms with Crippen LogP contribution in [0.4, 0.5) is 0 Å². The highest BCUT2D eigenvalue weighted by molar-refractivity contribution is 7.93. The average Bonchev–Trinajstić information content (AvgIpc) is 2.68. The Balaban J connectivity index is 2.30. The molecule has 0 bridgehead atoms. The molecule has 0 fully saturated rings. The van der Waals surface area contributed by atoms with Crippen LogP contribution >= 0.6 is 0 Å². The van der Waals surface area contributed by atoms with Gasteiger partial charge in [-0.2, -0.15) is 0 Å². The highest BCUT2D eigenvalue weighted by atomic mass is 32.2. The Morgan fingerprint density at radius 2 is 1.10 bits per heavy atom. The van der Waals surface area contributed by atoms with Gasteiger partial charge in [0.1, 0.15) is 10.1 Å². The number of sulfone groups is 2. The Morgan fingerprint density at radius 3 is 1.66 bits per heavy atom. The van der Waals surface area contributed by atoms with E-state index in [2.05, 4.69) is 0 Å². The van der Waals surface area contributed by atoms with Gasteiger partial charge in [0.2, 0.25) is 19.7 Å². The first-order valence-corrected chi connectivity index (χ1v) is 12.5. The van der Waals surface area contributed by atoms with E-state index in [9.17, 15) is 29.8 Å². The molecule has 0 spiro atoms. The molecule has 0 N–H and O–H groups in total. The first-order valence-electron chi connectivity index (χ1n) is 8.16. The van der Waals surface area contributed by atoms with E-state index in [-0.39, 0.29) is 9.79 Å². The summed E-state index contributed by atoms with van der Waals surface area (Å²) in [5.41, 5.74) is 0.765. The number of benzene rings is 3. The van der Waals surface area contributed by atoms with E-state index in [0.717, 1.165) is 11.6 Å². The first-order chi connectivity index (χ1) is 13.4. The van der Waals surface area contributed by atoms with E-state index in [0.29, 0.717) is 12.1 Å². The van der Waals surface area contributed by atoms with Gasteiger partial charge in [-0.1, -0.05) is 35.9 Å². The second-order valence-electron chi connectivity index (χ2n) is 6.20. The van der Waals surface area contributed by atoms with Gasteiger partial charge >= 0.3 is 0 Å². The molecule has 7 nitrogen and oxygen atoms in total. The van der Waals surface area contributed by atoms with Crippen molar-refractivity contribution in [3.63, 3.8) is 0 Å². The molecule has 3 rings (SSSR count). The third kappa shape index (κ3) is 4.10. The number of hydrogen-bond acceptors (Lipinski definition) is 7. The fourth-order valence-corrected chi connectivity index (χ4v) is 6.57. The van der Waals surface area contributed by atoms with Crippen LogP contribution < -0.4 is 0 Å². The molecule has 29 heavy (non-hydrogen) atoms. The van der Waals surface area contributed by atoms with Crippen LogP contribution in [0.15, 0.2) is 97.3 Å². The van der Waals surface area contributed by atoms with Crippen LogP contribution in [0.3, 0.4) is 0 Å². The minimum Gasteiger partial charge on any atom is -0.744 e. The lowest BCUT2D eigenvalue weighted by molar-refractivity contribution is 0.459. The van der Waals surface area contributed by atoms with Crippen LogP contribution in [0.1, 0.15) is 5.56 Å². The predicted octanol–water partition coefficient (Wildman–Crippen LogP) is 2.56. The fraction of sp³-hybridized carbons (Fsp3) is 0.0526. The molecule has 10 heteroatoms. The molecule has 0 saturated heterocycles. The topological polar surface area (TPSA) is 125 Å². The molecular weight excluding hydrogens is 436 g/mol. The molecule has 3 aromatic carbocycles. The summed E-state index contributed by atoms with van der Waals surface area (Å²) >= 11 is 0. The van der Waals surface area contributed by atoms with Crippen molar-refractivity contribution in [2.75, 3.05) is 0 Å². The van der Waals surface area contributed by atoms with Gasteiger partial charge in [-0.15, -0.1) is 0 Å². The van der Waals surface area contributed by atoms with Crippen LogP contribution in [0.25, 0.3) is 0 Å². The molecular formula is C19H15O7S3-. The van der Waals surface area contributed by atoms with Crippen molar-refractivity contribution in [2.45, 2.75) is 31.4 Å². The van der Waals surface area contributed by atoms with Gasteiger partial charge in [0.15, 0.2) is 0 Å². The molecule has 0 saturated carbocycles. The molecule has 0 aliphatic carbocycles. The zero-order valence-electron chi connectivity index (χ0n) is 15.0. The Morgan fingerprint density at radius 1 is 0.586 bits per heavy atom. The Labute approximate surface area is 169 Å². The Hall–Kier alpha value is -2.53. The maximum atomic E-state index is 13.0. The molecule has 0 radical (unpaired) electrons. The maximum absolute atomic E-state index is 13.0. The molecule has 0 heterocycles. The molecule has 0 aliphatic rings. The SMILES string of the molecule is Cc1ccc(S(=O)(=O)c2cc(S(=O)(=O)c3ccccc3)ccc2S(=O)(=O)[O-])cc1. The van der Waals surface area contributed by atoms with Crippen LogP contribution in [0.2, 0.25) is 0 Å². The Kier molecular flexibility index (Phi) is 5.39. The van der Waals surface area contributed by atoms with Crippen LogP contribution in [-0.4, -0.2) is 29.8 Å². The van der Waals surface area contributed by atoms with Gasteiger partial charge in [0.05, 0.1) is 24.5 Å². The van der Waals surface area contributed by atoms with E-state index in [1.54, 1.807) is 13.0 Å². The molecule has 0 aromatic heterocycles. The van der Waals surface area contributed by atoms with E-state index >= 15 is 0 Å². The minimum absolute atomic E-state index is 0.101. The van der Waals surface area contributed by atoms with Crippen LogP contribution in [0, 0.1) is 6.92 Å². The summed E-state index contributed by atoms with van der Waals surface area (Å²) in [6, 6.07) is 15.1. The smallest absolute Gasteiger partial charge is 0.207 e. The van der Waals surface area contributed by atoms with E-state index in [1.807, 2.05) is 0 Å². The monoisotopic (exact) mass is 451 g/mol. The molecule has 0 unspecified atom stereocenters. The summed E-state index contributed by atoms with van der Waals surface area (Å²) in [5, 5.41) is 0. The largest absolute Gasteiger partial charge is 0.744 e. The molecule has 0 atom stereocenters. The van der Waals surface area contributed by atoms with Crippen molar-refractivity contribution in [3.8, 4) is 0 Å². The van der Waals surface area contributed by atoms with E-state index in [1.165, 1.54) is 48.5 Å². The lowest BCUT2D eigenvalue weighted by Crippen LogP contribution is -2.12. The molecule has 0 aliphatic heterocycles. The standard InChI is InChI=1S/C19H16O7S3/c1-14-7-9-16(10-8-14)28(22,23)19-13-17(11-12-18(19)29(24,25)26)27(20,21)15-5-3-2-4-6-15/h2-13H,1H3,(H,24,25,26)/p-1. The summed E-state index contributed by atoms with van der Waals surface area (Å²) in [6.07, 6.45) is 0. The number of rotatable bonds is 5. The van der Waals surface area contributed by atoms with Gasteiger partial charge in [0, 0.05) is 0 Å². The lowest BCUT2D eigenvalue weighted by atomic mass is 10.2. The van der Waals surface area contributed by atoms with Gasteiger partial charge < -0.3 is 4.55 Å². The van der Waals surface area contributed by atoms with Crippen molar-refractivity contribution >= 4 is 29.8 Å². The zero-order chi connectivity index (χ0) is 21.4. The summed E-state index contributed by atoms with van der Waals surface area (Å²) in [4.78, 5) is -2.70. The van der Waals surface area contributed by atoms with Crippen molar-refractivity contribution in [1.29, 1.82) is 0 Å². The van der Waals surface area contributed by atoms with Crippen molar-refractivity contribution < 1.29 is 29.8 Å². The third-order valence-electron chi connectivity index (χ3n) is 4.17. The van der Waals surface area contributed by atoms with Crippen LogP contribution in [-0.2, 0) is 29.8 Å². The van der Waals surface area contributed by atoms with Crippen molar-refractivity contribution in [2.24, 2.45) is 0 Å². The van der Waals surface area contributed by atoms with E-state index < -0.39 is 44.5 Å². The van der Waals surface area contributed by atoms with Crippen LogP contribution in [0.5, 0.6) is 0 Å². The Bertz CT molecular complexity index is 1370. The van der Waals surface area contributed by atoms with Gasteiger partial charge in [-0.3, -0.25) is 0 Å². The summed E-state index contributed by atoms with van der Waals surface area (Å²) in [5.74, 6) is 0.